The second kappa shape index (κ2) is 2.49. The van der Waals surface area contributed by atoms with Crippen molar-refractivity contribution in [2.45, 2.75) is 38.6 Å². The van der Waals surface area contributed by atoms with Gasteiger partial charge in [-0.3, -0.25) is 4.79 Å². The first-order valence-electron chi connectivity index (χ1n) is 4.94. The first-order chi connectivity index (χ1) is 6.40. The number of fused-ring (bicyclic) bond motifs is 2. The zero-order valence-electron chi connectivity index (χ0n) is 8.46. The maximum absolute atomic E-state index is 11.3. The Morgan fingerprint density at radius 1 is 1.57 bits per heavy atom. The van der Waals surface area contributed by atoms with Crippen LogP contribution in [-0.4, -0.2) is 22.5 Å². The Morgan fingerprint density at radius 3 is 2.79 bits per heavy atom. The highest BCUT2D eigenvalue weighted by atomic mass is 16.4. The van der Waals surface area contributed by atoms with E-state index in [1.165, 1.54) is 0 Å². The molecule has 0 aromatic carbocycles. The lowest BCUT2D eigenvalue weighted by atomic mass is 9.67. The number of carbonyl (C=O) groups is 2. The van der Waals surface area contributed by atoms with E-state index in [9.17, 15) is 14.7 Å². The zero-order chi connectivity index (χ0) is 10.6. The summed E-state index contributed by atoms with van der Waals surface area (Å²) in [4.78, 5) is 22.6. The minimum absolute atomic E-state index is 0.116. The second-order valence-corrected chi connectivity index (χ2v) is 4.92. The molecular weight excluding hydrogens is 182 g/mol. The van der Waals surface area contributed by atoms with Gasteiger partial charge in [-0.15, -0.1) is 0 Å². The van der Waals surface area contributed by atoms with Crippen LogP contribution >= 0.6 is 0 Å². The normalized spacial score (nSPS) is 39.3. The standard InChI is InChI=1S/C10H15NO3/c1-9(2)6-3-4-10(9,8(13)14)11-7(12)5-6/h6H,3-5H2,1-2H3,(H,11,12)(H,13,14)/t6-,10-/m1/s1. The minimum Gasteiger partial charge on any atom is -0.479 e. The first-order valence-corrected chi connectivity index (χ1v) is 4.94. The quantitative estimate of drug-likeness (QED) is 0.652. The molecule has 2 atom stereocenters. The lowest BCUT2D eigenvalue weighted by Crippen LogP contribution is -2.64. The molecule has 2 fully saturated rings. The number of rotatable bonds is 1. The van der Waals surface area contributed by atoms with Gasteiger partial charge in [0.25, 0.3) is 0 Å². The van der Waals surface area contributed by atoms with Crippen molar-refractivity contribution in [3.05, 3.63) is 0 Å². The molecule has 2 bridgehead atoms. The smallest absolute Gasteiger partial charge is 0.329 e. The largest absolute Gasteiger partial charge is 0.479 e. The van der Waals surface area contributed by atoms with Crippen LogP contribution in [0.2, 0.25) is 0 Å². The van der Waals surface area contributed by atoms with Gasteiger partial charge in [-0.1, -0.05) is 13.8 Å². The number of amides is 1. The van der Waals surface area contributed by atoms with Gasteiger partial charge in [0.2, 0.25) is 5.91 Å². The lowest BCUT2D eigenvalue weighted by molar-refractivity contribution is -0.156. The third kappa shape index (κ3) is 0.885. The third-order valence-corrected chi connectivity index (χ3v) is 4.14. The molecule has 1 saturated carbocycles. The maximum atomic E-state index is 11.3. The molecule has 1 saturated heterocycles. The SMILES string of the molecule is CC1(C)[C@@H]2CC[C@]1(C(=O)O)NC(=O)C2. The molecule has 14 heavy (non-hydrogen) atoms. The molecule has 78 valence electrons. The van der Waals surface area contributed by atoms with Crippen LogP contribution < -0.4 is 5.32 Å². The first kappa shape index (κ1) is 9.49. The highest BCUT2D eigenvalue weighted by Crippen LogP contribution is 2.54. The molecule has 0 aromatic heterocycles. The van der Waals surface area contributed by atoms with Crippen molar-refractivity contribution in [1.29, 1.82) is 0 Å². The van der Waals surface area contributed by atoms with E-state index in [2.05, 4.69) is 5.32 Å². The zero-order valence-corrected chi connectivity index (χ0v) is 8.46. The predicted molar refractivity (Wildman–Crippen MR) is 49.6 cm³/mol. The number of aliphatic carboxylic acids is 1. The molecule has 0 radical (unpaired) electrons. The minimum atomic E-state index is -1.02. The van der Waals surface area contributed by atoms with Crippen molar-refractivity contribution in [2.24, 2.45) is 11.3 Å². The summed E-state index contributed by atoms with van der Waals surface area (Å²) in [5, 5.41) is 11.9. The molecule has 0 aromatic rings. The predicted octanol–water partition coefficient (Wildman–Crippen LogP) is 0.766. The van der Waals surface area contributed by atoms with E-state index in [0.29, 0.717) is 12.8 Å². The van der Waals surface area contributed by atoms with Crippen molar-refractivity contribution in [3.8, 4) is 0 Å². The summed E-state index contributed by atoms with van der Waals surface area (Å²) in [5.74, 6) is -0.792. The van der Waals surface area contributed by atoms with E-state index in [1.54, 1.807) is 0 Å². The Morgan fingerprint density at radius 2 is 2.21 bits per heavy atom. The Balaban J connectivity index is 2.47. The Hall–Kier alpha value is -1.06. The average molecular weight is 197 g/mol. The van der Waals surface area contributed by atoms with E-state index in [-0.39, 0.29) is 17.2 Å². The number of piperidine rings is 1. The number of hydrogen-bond acceptors (Lipinski definition) is 2. The Labute approximate surface area is 82.7 Å². The topological polar surface area (TPSA) is 66.4 Å². The second-order valence-electron chi connectivity index (χ2n) is 4.92. The molecular formula is C10H15NO3. The summed E-state index contributed by atoms with van der Waals surface area (Å²) in [6.45, 7) is 3.89. The van der Waals surface area contributed by atoms with Gasteiger partial charge in [0.15, 0.2) is 0 Å². The fraction of sp³-hybridized carbons (Fsp3) is 0.800. The van der Waals surface area contributed by atoms with Gasteiger partial charge in [0.05, 0.1) is 0 Å². The summed E-state index contributed by atoms with van der Waals surface area (Å²) in [7, 11) is 0. The average Bonchev–Trinajstić information content (AvgIpc) is 2.27. The van der Waals surface area contributed by atoms with Crippen molar-refractivity contribution >= 4 is 11.9 Å². The number of hydrogen-bond donors (Lipinski definition) is 2. The Bertz CT molecular complexity index is 310. The van der Waals surface area contributed by atoms with Gasteiger partial charge in [-0.25, -0.2) is 4.79 Å². The van der Waals surface area contributed by atoms with E-state index in [0.717, 1.165) is 6.42 Å². The van der Waals surface area contributed by atoms with Crippen LogP contribution in [0.1, 0.15) is 33.1 Å². The number of nitrogens with one attached hydrogen (secondary N) is 1. The van der Waals surface area contributed by atoms with E-state index in [1.807, 2.05) is 13.8 Å². The molecule has 2 rings (SSSR count). The molecule has 4 heteroatoms. The molecule has 0 spiro atoms. The maximum Gasteiger partial charge on any atom is 0.329 e. The molecule has 1 aliphatic heterocycles. The van der Waals surface area contributed by atoms with Crippen LogP contribution in [0.4, 0.5) is 0 Å². The molecule has 1 amide bonds. The van der Waals surface area contributed by atoms with Crippen molar-refractivity contribution < 1.29 is 14.7 Å². The van der Waals surface area contributed by atoms with E-state index >= 15 is 0 Å². The summed E-state index contributed by atoms with van der Waals surface area (Å²) >= 11 is 0. The van der Waals surface area contributed by atoms with Crippen molar-refractivity contribution in [1.82, 2.24) is 5.32 Å². The van der Waals surface area contributed by atoms with Gasteiger partial charge in [0, 0.05) is 11.8 Å². The number of carboxylic acid groups (broad SMARTS) is 1. The van der Waals surface area contributed by atoms with Gasteiger partial charge in [0.1, 0.15) is 5.54 Å². The van der Waals surface area contributed by atoms with Gasteiger partial charge < -0.3 is 10.4 Å². The number of carboxylic acids is 1. The molecule has 2 N–H and O–H groups in total. The molecule has 2 aliphatic rings. The van der Waals surface area contributed by atoms with Gasteiger partial charge in [-0.05, 0) is 18.8 Å². The van der Waals surface area contributed by atoms with Crippen LogP contribution in [0, 0.1) is 11.3 Å². The highest BCUT2D eigenvalue weighted by molar-refractivity contribution is 5.90. The molecule has 1 aliphatic carbocycles. The third-order valence-electron chi connectivity index (χ3n) is 4.14. The molecule has 1 heterocycles. The van der Waals surface area contributed by atoms with Crippen molar-refractivity contribution in [3.63, 3.8) is 0 Å². The molecule has 4 nitrogen and oxygen atoms in total. The van der Waals surface area contributed by atoms with Crippen LogP contribution in [0.5, 0.6) is 0 Å². The van der Waals surface area contributed by atoms with E-state index < -0.39 is 11.5 Å². The molecule has 0 unspecified atom stereocenters. The van der Waals surface area contributed by atoms with Crippen molar-refractivity contribution in [2.75, 3.05) is 0 Å². The summed E-state index contributed by atoms with van der Waals surface area (Å²) < 4.78 is 0. The van der Waals surface area contributed by atoms with Crippen LogP contribution in [0.15, 0.2) is 0 Å². The Kier molecular flexibility index (Phi) is 1.69. The van der Waals surface area contributed by atoms with E-state index in [4.69, 9.17) is 0 Å². The summed E-state index contributed by atoms with van der Waals surface area (Å²) in [6, 6.07) is 0. The van der Waals surface area contributed by atoms with Crippen LogP contribution in [0.3, 0.4) is 0 Å². The van der Waals surface area contributed by atoms with Gasteiger partial charge in [-0.2, -0.15) is 0 Å². The highest BCUT2D eigenvalue weighted by Gasteiger charge is 2.63. The monoisotopic (exact) mass is 197 g/mol. The fourth-order valence-electron chi connectivity index (χ4n) is 2.95. The summed E-state index contributed by atoms with van der Waals surface area (Å²) in [6.07, 6.45) is 1.87. The fourth-order valence-corrected chi connectivity index (χ4v) is 2.95. The lowest BCUT2D eigenvalue weighted by Gasteiger charge is -2.45. The van der Waals surface area contributed by atoms with Crippen LogP contribution in [-0.2, 0) is 9.59 Å². The number of carbonyl (C=O) groups excluding carboxylic acids is 1. The van der Waals surface area contributed by atoms with Gasteiger partial charge >= 0.3 is 5.97 Å². The summed E-state index contributed by atoms with van der Waals surface area (Å²) in [5.41, 5.74) is -1.35. The van der Waals surface area contributed by atoms with Crippen LogP contribution in [0.25, 0.3) is 0 Å².